The van der Waals surface area contributed by atoms with Crippen molar-refractivity contribution in [1.82, 2.24) is 9.80 Å². The average Bonchev–Trinajstić information content (AvgIpc) is 3.06. The van der Waals surface area contributed by atoms with Crippen LogP contribution in [-0.2, 0) is 31.9 Å². The monoisotopic (exact) mass is 622 g/mol. The van der Waals surface area contributed by atoms with E-state index in [0.717, 1.165) is 24.0 Å². The predicted molar refractivity (Wildman–Crippen MR) is 160 cm³/mol. The summed E-state index contributed by atoms with van der Waals surface area (Å²) in [5.74, 6) is -4.97. The van der Waals surface area contributed by atoms with E-state index in [1.165, 1.54) is 48.5 Å². The van der Waals surface area contributed by atoms with Crippen molar-refractivity contribution in [2.24, 2.45) is 0 Å². The maximum atomic E-state index is 13.9. The minimum atomic E-state index is -1.36. The zero-order chi connectivity index (χ0) is 32.9. The van der Waals surface area contributed by atoms with Gasteiger partial charge in [-0.15, -0.1) is 0 Å². The number of phenols is 2. The summed E-state index contributed by atoms with van der Waals surface area (Å²) in [5.41, 5.74) is 1.09. The molecule has 2 heterocycles. The fourth-order valence-corrected chi connectivity index (χ4v) is 6.02. The Morgan fingerprint density at radius 3 is 1.09 bits per heavy atom. The van der Waals surface area contributed by atoms with Crippen LogP contribution in [0.3, 0.4) is 0 Å². The highest BCUT2D eigenvalue weighted by atomic mass is 16.5. The second-order valence-corrected chi connectivity index (χ2v) is 10.9. The molecule has 2 aliphatic rings. The lowest BCUT2D eigenvalue weighted by Gasteiger charge is -2.36. The van der Waals surface area contributed by atoms with Crippen LogP contribution >= 0.6 is 0 Å². The fourth-order valence-electron chi connectivity index (χ4n) is 6.02. The topological polar surface area (TPSA) is 168 Å². The quantitative estimate of drug-likeness (QED) is 0.220. The Morgan fingerprint density at radius 2 is 0.826 bits per heavy atom. The van der Waals surface area contributed by atoms with Crippen molar-refractivity contribution in [3.63, 3.8) is 0 Å². The van der Waals surface area contributed by atoms with Crippen LogP contribution < -0.4 is 0 Å². The molecule has 4 aromatic rings. The zero-order valence-electron chi connectivity index (χ0n) is 24.6. The molecule has 2 atom stereocenters. The van der Waals surface area contributed by atoms with Crippen LogP contribution in [-0.4, -0.2) is 81.9 Å². The molecule has 2 N–H and O–H groups in total. The van der Waals surface area contributed by atoms with E-state index >= 15 is 0 Å². The van der Waals surface area contributed by atoms with Crippen molar-refractivity contribution in [2.45, 2.75) is 24.9 Å². The van der Waals surface area contributed by atoms with Gasteiger partial charge in [0.05, 0.1) is 14.2 Å². The third-order valence-corrected chi connectivity index (χ3v) is 8.26. The first-order valence-electron chi connectivity index (χ1n) is 14.1. The van der Waals surface area contributed by atoms with E-state index in [1.54, 1.807) is 24.3 Å². The van der Waals surface area contributed by atoms with Crippen molar-refractivity contribution in [3.05, 3.63) is 106 Å². The van der Waals surface area contributed by atoms with Gasteiger partial charge >= 0.3 is 11.9 Å². The molecule has 0 saturated carbocycles. The van der Waals surface area contributed by atoms with Gasteiger partial charge in [-0.25, -0.2) is 9.59 Å². The summed E-state index contributed by atoms with van der Waals surface area (Å²) in [5, 5.41) is 19.5. The largest absolute Gasteiger partial charge is 0.508 e. The molecule has 0 fully saturated rings. The van der Waals surface area contributed by atoms with Crippen molar-refractivity contribution >= 4 is 46.3 Å². The highest BCUT2D eigenvalue weighted by Gasteiger charge is 2.46. The number of benzene rings is 4. The van der Waals surface area contributed by atoms with Gasteiger partial charge in [0, 0.05) is 45.9 Å². The van der Waals surface area contributed by atoms with Crippen molar-refractivity contribution in [2.75, 3.05) is 14.2 Å². The van der Waals surface area contributed by atoms with Gasteiger partial charge in [-0.05, 0) is 59.7 Å². The predicted octanol–water partition coefficient (Wildman–Crippen LogP) is 3.01. The fraction of sp³-hybridized carbons (Fsp3) is 0.176. The summed E-state index contributed by atoms with van der Waals surface area (Å²) in [4.78, 5) is 83.3. The molecule has 0 unspecified atom stereocenters. The van der Waals surface area contributed by atoms with Gasteiger partial charge in [0.2, 0.25) is 0 Å². The van der Waals surface area contributed by atoms with E-state index in [-0.39, 0.29) is 57.4 Å². The Balaban J connectivity index is 1.42. The van der Waals surface area contributed by atoms with Crippen LogP contribution in [0.2, 0.25) is 0 Å². The molecule has 232 valence electrons. The first-order chi connectivity index (χ1) is 22.0. The smallest absolute Gasteiger partial charge is 0.329 e. The molecule has 4 aromatic carbocycles. The second-order valence-electron chi connectivity index (χ2n) is 10.9. The Kier molecular flexibility index (Phi) is 7.48. The molecule has 46 heavy (non-hydrogen) atoms. The minimum absolute atomic E-state index is 0.00179. The highest BCUT2D eigenvalue weighted by molar-refractivity contribution is 6.34. The maximum absolute atomic E-state index is 13.9. The van der Waals surface area contributed by atoms with Gasteiger partial charge < -0.3 is 19.7 Å². The normalized spacial score (nSPS) is 15.2. The lowest BCUT2D eigenvalue weighted by molar-refractivity contribution is -0.146. The first-order valence-corrected chi connectivity index (χ1v) is 14.1. The molecule has 4 amide bonds. The zero-order valence-corrected chi connectivity index (χ0v) is 24.6. The Labute approximate surface area is 261 Å². The summed E-state index contributed by atoms with van der Waals surface area (Å²) in [6.45, 7) is 0. The molecule has 0 spiro atoms. The third-order valence-electron chi connectivity index (χ3n) is 8.26. The number of methoxy groups -OCH3 is 2. The standard InChI is InChI=1S/C34H26N2O10/c1-45-33(43)25(15-17-3-7-19(37)8-4-17)35-29(39)21-11-13-23-28-24(14-12-22(27(21)28)30(35)40)32(42)36(31(23)41)26(34(44)46-2)16-18-5-9-20(38)10-6-18/h3-14,25-26,37-38H,15-16H2,1-2H3/t25-,26-/m0/s1. The first kappa shape index (κ1) is 30.0. The number of hydrogen-bond donors (Lipinski definition) is 2. The molecular weight excluding hydrogens is 596 g/mol. The van der Waals surface area contributed by atoms with Gasteiger partial charge in [0.15, 0.2) is 0 Å². The Bertz CT molecular complexity index is 1750. The number of rotatable bonds is 8. The third kappa shape index (κ3) is 4.80. The molecule has 6 rings (SSSR count). The lowest BCUT2D eigenvalue weighted by atomic mass is 9.84. The maximum Gasteiger partial charge on any atom is 0.329 e. The van der Waals surface area contributed by atoms with Gasteiger partial charge in [-0.2, -0.15) is 0 Å². The number of phenolic OH excluding ortho intramolecular Hbond substituents is 2. The average molecular weight is 623 g/mol. The van der Waals surface area contributed by atoms with Crippen molar-refractivity contribution in [3.8, 4) is 11.5 Å². The number of amides is 4. The molecule has 12 heteroatoms. The van der Waals surface area contributed by atoms with Crippen LogP contribution in [0.4, 0.5) is 0 Å². The van der Waals surface area contributed by atoms with Crippen LogP contribution in [0.15, 0.2) is 72.8 Å². The Hall–Kier alpha value is -6.04. The molecule has 0 saturated heterocycles. The molecule has 0 radical (unpaired) electrons. The molecular formula is C34H26N2O10. The van der Waals surface area contributed by atoms with Crippen molar-refractivity contribution in [1.29, 1.82) is 0 Å². The number of hydrogen-bond acceptors (Lipinski definition) is 10. The van der Waals surface area contributed by atoms with Gasteiger partial charge in [0.25, 0.3) is 23.6 Å². The van der Waals surface area contributed by atoms with Crippen LogP contribution in [0.25, 0.3) is 10.8 Å². The number of nitrogens with zero attached hydrogens (tertiary/aromatic N) is 2. The SMILES string of the molecule is COC(=O)[C@H](Cc1ccc(O)cc1)N1C(=O)c2ccc3c4c(ccc(c24)C1=O)C(=O)N([C@@H](Cc1ccc(O)cc1)C(=O)OC)C3=O. The second kappa shape index (κ2) is 11.5. The summed E-state index contributed by atoms with van der Waals surface area (Å²) in [7, 11) is 2.27. The molecule has 0 bridgehead atoms. The number of imide groups is 2. The van der Waals surface area contributed by atoms with E-state index in [0.29, 0.717) is 11.1 Å². The van der Waals surface area contributed by atoms with Crippen molar-refractivity contribution < 1.29 is 48.5 Å². The highest BCUT2D eigenvalue weighted by Crippen LogP contribution is 2.39. The number of aromatic hydroxyl groups is 2. The van der Waals surface area contributed by atoms with Crippen LogP contribution in [0.1, 0.15) is 52.6 Å². The summed E-state index contributed by atoms with van der Waals surface area (Å²) in [6, 6.07) is 14.5. The van der Waals surface area contributed by atoms with E-state index in [1.807, 2.05) is 0 Å². The van der Waals surface area contributed by atoms with E-state index < -0.39 is 47.7 Å². The van der Waals surface area contributed by atoms with Gasteiger partial charge in [-0.1, -0.05) is 24.3 Å². The molecule has 2 aliphatic heterocycles. The van der Waals surface area contributed by atoms with E-state index in [2.05, 4.69) is 0 Å². The van der Waals surface area contributed by atoms with Crippen LogP contribution in [0, 0.1) is 0 Å². The number of carbonyl (C=O) groups excluding carboxylic acids is 6. The van der Waals surface area contributed by atoms with Gasteiger partial charge in [-0.3, -0.25) is 29.0 Å². The number of esters is 2. The molecule has 0 aromatic heterocycles. The Morgan fingerprint density at radius 1 is 0.543 bits per heavy atom. The summed E-state index contributed by atoms with van der Waals surface area (Å²) in [6.07, 6.45) is -0.193. The summed E-state index contributed by atoms with van der Waals surface area (Å²) < 4.78 is 9.89. The molecule has 0 aliphatic carbocycles. The number of carbonyl (C=O) groups is 6. The lowest BCUT2D eigenvalue weighted by Crippen LogP contribution is -2.53. The van der Waals surface area contributed by atoms with Gasteiger partial charge in [0.1, 0.15) is 23.6 Å². The summed E-state index contributed by atoms with van der Waals surface area (Å²) >= 11 is 0. The van der Waals surface area contributed by atoms with E-state index in [9.17, 15) is 39.0 Å². The number of ether oxygens (including phenoxy) is 2. The van der Waals surface area contributed by atoms with E-state index in [4.69, 9.17) is 9.47 Å². The van der Waals surface area contributed by atoms with Crippen LogP contribution in [0.5, 0.6) is 11.5 Å². The molecule has 12 nitrogen and oxygen atoms in total. The minimum Gasteiger partial charge on any atom is -0.508 e.